The molecule has 0 radical (unpaired) electrons. The Morgan fingerprint density at radius 3 is 3.00 bits per heavy atom. The number of hydrogen-bond acceptors (Lipinski definition) is 3. The van der Waals surface area contributed by atoms with Gasteiger partial charge >= 0.3 is 0 Å². The van der Waals surface area contributed by atoms with E-state index in [1.807, 2.05) is 18.2 Å². The predicted octanol–water partition coefficient (Wildman–Crippen LogP) is 3.05. The van der Waals surface area contributed by atoms with E-state index < -0.39 is 0 Å². The summed E-state index contributed by atoms with van der Waals surface area (Å²) in [6, 6.07) is 5.74. The molecule has 4 N–H and O–H groups in total. The van der Waals surface area contributed by atoms with Crippen molar-refractivity contribution in [3.05, 3.63) is 24.4 Å². The first-order valence-electron chi connectivity index (χ1n) is 7.66. The molecule has 0 saturated carbocycles. The van der Waals surface area contributed by atoms with Crippen molar-refractivity contribution in [2.24, 2.45) is 11.7 Å². The normalized spacial score (nSPS) is 12.5. The summed E-state index contributed by atoms with van der Waals surface area (Å²) in [6.45, 7) is 2.87. The number of nitrogens with two attached hydrogens (primary N) is 1. The van der Waals surface area contributed by atoms with Crippen LogP contribution in [0.25, 0.3) is 10.9 Å². The van der Waals surface area contributed by atoms with E-state index in [1.165, 1.54) is 0 Å². The second-order valence-corrected chi connectivity index (χ2v) is 5.49. The number of anilines is 1. The standard InChI is InChI=1S/C16H24N4O/c1-2-3-12(8-9-17)4-7-16(21)19-14-5-6-15-13(10-14)11-18-20-15/h5-6,10-12H,2-4,7-9,17H2,1H3,(H,18,20)(H,19,21). The summed E-state index contributed by atoms with van der Waals surface area (Å²) >= 11 is 0. The molecule has 0 spiro atoms. The summed E-state index contributed by atoms with van der Waals surface area (Å²) in [6.07, 6.45) is 6.50. The first-order valence-corrected chi connectivity index (χ1v) is 7.66. The molecule has 1 atom stereocenters. The molecule has 1 amide bonds. The molecule has 1 aromatic heterocycles. The highest BCUT2D eigenvalue weighted by atomic mass is 16.1. The number of rotatable bonds is 8. The van der Waals surface area contributed by atoms with Gasteiger partial charge in [-0.2, -0.15) is 5.10 Å². The minimum atomic E-state index is 0.0657. The van der Waals surface area contributed by atoms with Crippen molar-refractivity contribution < 1.29 is 4.79 Å². The van der Waals surface area contributed by atoms with E-state index in [4.69, 9.17) is 5.73 Å². The van der Waals surface area contributed by atoms with E-state index in [0.717, 1.165) is 42.3 Å². The van der Waals surface area contributed by atoms with Crippen LogP contribution < -0.4 is 11.1 Å². The summed E-state index contributed by atoms with van der Waals surface area (Å²) in [7, 11) is 0. The number of nitrogens with zero attached hydrogens (tertiary/aromatic N) is 1. The summed E-state index contributed by atoms with van der Waals surface area (Å²) in [5, 5.41) is 10.8. The molecule has 2 rings (SSSR count). The maximum atomic E-state index is 12.0. The van der Waals surface area contributed by atoms with E-state index in [9.17, 15) is 4.79 Å². The Labute approximate surface area is 125 Å². The van der Waals surface area contributed by atoms with E-state index in [-0.39, 0.29) is 5.91 Å². The number of amides is 1. The monoisotopic (exact) mass is 288 g/mol. The van der Waals surface area contributed by atoms with Gasteiger partial charge in [-0.15, -0.1) is 0 Å². The highest BCUT2D eigenvalue weighted by Gasteiger charge is 2.10. The molecule has 0 aliphatic carbocycles. The summed E-state index contributed by atoms with van der Waals surface area (Å²) in [5.74, 6) is 0.623. The average molecular weight is 288 g/mol. The second-order valence-electron chi connectivity index (χ2n) is 5.49. The van der Waals surface area contributed by atoms with Gasteiger partial charge in [-0.1, -0.05) is 19.8 Å². The van der Waals surface area contributed by atoms with E-state index in [2.05, 4.69) is 22.4 Å². The molecule has 0 saturated heterocycles. The van der Waals surface area contributed by atoms with Crippen LogP contribution in [0.1, 0.15) is 39.0 Å². The molecule has 5 heteroatoms. The number of carbonyl (C=O) groups excluding carboxylic acids is 1. The summed E-state index contributed by atoms with van der Waals surface area (Å²) in [5.41, 5.74) is 7.41. The highest BCUT2D eigenvalue weighted by molar-refractivity contribution is 5.93. The zero-order valence-electron chi connectivity index (χ0n) is 12.6. The molecule has 114 valence electrons. The third kappa shape index (κ3) is 4.56. The first kappa shape index (κ1) is 15.5. The van der Waals surface area contributed by atoms with Crippen molar-refractivity contribution in [1.82, 2.24) is 10.2 Å². The molecule has 0 aliphatic rings. The Bertz CT molecular complexity index is 572. The fourth-order valence-corrected chi connectivity index (χ4v) is 2.66. The fourth-order valence-electron chi connectivity index (χ4n) is 2.66. The Kier molecular flexibility index (Phi) is 5.75. The van der Waals surface area contributed by atoms with Crippen LogP contribution in [-0.4, -0.2) is 22.6 Å². The Hall–Kier alpha value is -1.88. The van der Waals surface area contributed by atoms with Gasteiger partial charge < -0.3 is 11.1 Å². The lowest BCUT2D eigenvalue weighted by molar-refractivity contribution is -0.116. The lowest BCUT2D eigenvalue weighted by Gasteiger charge is -2.14. The van der Waals surface area contributed by atoms with Gasteiger partial charge in [-0.3, -0.25) is 9.89 Å². The van der Waals surface area contributed by atoms with Crippen molar-refractivity contribution in [2.75, 3.05) is 11.9 Å². The van der Waals surface area contributed by atoms with Gasteiger partial charge in [0.1, 0.15) is 0 Å². The van der Waals surface area contributed by atoms with Gasteiger partial charge in [0.25, 0.3) is 0 Å². The predicted molar refractivity (Wildman–Crippen MR) is 86.0 cm³/mol. The van der Waals surface area contributed by atoms with Gasteiger partial charge in [0.05, 0.1) is 11.7 Å². The minimum Gasteiger partial charge on any atom is -0.330 e. The molecule has 1 unspecified atom stereocenters. The number of carbonyl (C=O) groups is 1. The van der Waals surface area contributed by atoms with Gasteiger partial charge in [-0.05, 0) is 43.5 Å². The molecule has 5 nitrogen and oxygen atoms in total. The van der Waals surface area contributed by atoms with Crippen molar-refractivity contribution >= 4 is 22.5 Å². The molecule has 2 aromatic rings. The van der Waals surface area contributed by atoms with Crippen molar-refractivity contribution in [3.63, 3.8) is 0 Å². The number of aromatic nitrogens is 2. The number of fused-ring (bicyclic) bond motifs is 1. The number of aromatic amines is 1. The lowest BCUT2D eigenvalue weighted by Crippen LogP contribution is -2.15. The fraction of sp³-hybridized carbons (Fsp3) is 0.500. The average Bonchev–Trinajstić information content (AvgIpc) is 2.93. The molecule has 1 aromatic carbocycles. The number of benzene rings is 1. The van der Waals surface area contributed by atoms with Crippen molar-refractivity contribution in [3.8, 4) is 0 Å². The van der Waals surface area contributed by atoms with Gasteiger partial charge in [0.15, 0.2) is 0 Å². The van der Waals surface area contributed by atoms with Crippen molar-refractivity contribution in [2.45, 2.75) is 39.0 Å². The molecule has 0 aliphatic heterocycles. The van der Waals surface area contributed by atoms with Gasteiger partial charge in [-0.25, -0.2) is 0 Å². The van der Waals surface area contributed by atoms with E-state index in [1.54, 1.807) is 6.20 Å². The summed E-state index contributed by atoms with van der Waals surface area (Å²) < 4.78 is 0. The van der Waals surface area contributed by atoms with Gasteiger partial charge in [0.2, 0.25) is 5.91 Å². The van der Waals surface area contributed by atoms with E-state index >= 15 is 0 Å². The van der Waals surface area contributed by atoms with Crippen LogP contribution in [-0.2, 0) is 4.79 Å². The molecule has 1 heterocycles. The number of nitrogens with one attached hydrogen (secondary N) is 2. The minimum absolute atomic E-state index is 0.0657. The molecule has 21 heavy (non-hydrogen) atoms. The Morgan fingerprint density at radius 2 is 2.24 bits per heavy atom. The first-order chi connectivity index (χ1) is 10.2. The summed E-state index contributed by atoms with van der Waals surface area (Å²) in [4.78, 5) is 12.0. The zero-order chi connectivity index (χ0) is 15.1. The van der Waals surface area contributed by atoms with Gasteiger partial charge in [0, 0.05) is 17.5 Å². The van der Waals surface area contributed by atoms with Crippen LogP contribution in [0.15, 0.2) is 24.4 Å². The number of H-pyrrole nitrogens is 1. The maximum absolute atomic E-state index is 12.0. The third-order valence-corrected chi connectivity index (χ3v) is 3.78. The third-order valence-electron chi connectivity index (χ3n) is 3.78. The SMILES string of the molecule is CCCC(CCN)CCC(=O)Nc1ccc2[nH]ncc2c1. The Morgan fingerprint density at radius 1 is 1.38 bits per heavy atom. The topological polar surface area (TPSA) is 83.8 Å². The highest BCUT2D eigenvalue weighted by Crippen LogP contribution is 2.19. The van der Waals surface area contributed by atoms with Crippen LogP contribution in [0, 0.1) is 5.92 Å². The van der Waals surface area contributed by atoms with Crippen LogP contribution in [0.5, 0.6) is 0 Å². The zero-order valence-corrected chi connectivity index (χ0v) is 12.6. The number of hydrogen-bond donors (Lipinski definition) is 3. The quantitative estimate of drug-likeness (QED) is 0.698. The van der Waals surface area contributed by atoms with E-state index in [0.29, 0.717) is 18.9 Å². The molecule has 0 fully saturated rings. The molecular formula is C16H24N4O. The van der Waals surface area contributed by atoms with Crippen LogP contribution in [0.4, 0.5) is 5.69 Å². The van der Waals surface area contributed by atoms with Crippen LogP contribution >= 0.6 is 0 Å². The largest absolute Gasteiger partial charge is 0.330 e. The second kappa shape index (κ2) is 7.78. The lowest BCUT2D eigenvalue weighted by atomic mass is 9.94. The van der Waals surface area contributed by atoms with Crippen LogP contribution in [0.2, 0.25) is 0 Å². The smallest absolute Gasteiger partial charge is 0.224 e. The van der Waals surface area contributed by atoms with Crippen LogP contribution in [0.3, 0.4) is 0 Å². The maximum Gasteiger partial charge on any atom is 0.224 e. The Balaban J connectivity index is 1.85. The molecular weight excluding hydrogens is 264 g/mol. The molecule has 0 bridgehead atoms. The van der Waals surface area contributed by atoms with Crippen molar-refractivity contribution in [1.29, 1.82) is 0 Å².